The van der Waals surface area contributed by atoms with Crippen molar-refractivity contribution in [3.05, 3.63) is 101 Å². The summed E-state index contributed by atoms with van der Waals surface area (Å²) in [5.74, 6) is -1.04. The standard InChI is InChI=1S/C23H21NO3/c1-16-13-14-19(23(26)27-2)15-20(16)24-22(25)21(17-9-5-3-6-10-17)18-11-7-4-8-12-18/h3-15,21H,1-2H3,(H,24,25). The molecule has 136 valence electrons. The smallest absolute Gasteiger partial charge is 0.337 e. The van der Waals surface area contributed by atoms with Crippen molar-refractivity contribution >= 4 is 17.6 Å². The van der Waals surface area contributed by atoms with Gasteiger partial charge in [-0.25, -0.2) is 4.79 Å². The zero-order valence-electron chi connectivity index (χ0n) is 15.3. The second-order valence-electron chi connectivity index (χ2n) is 6.26. The summed E-state index contributed by atoms with van der Waals surface area (Å²) in [5, 5.41) is 2.98. The first-order valence-corrected chi connectivity index (χ1v) is 8.70. The second kappa shape index (κ2) is 8.32. The normalized spacial score (nSPS) is 10.5. The van der Waals surface area contributed by atoms with Gasteiger partial charge in [0.25, 0.3) is 0 Å². The number of carbonyl (C=O) groups is 2. The molecule has 0 saturated carbocycles. The van der Waals surface area contributed by atoms with Crippen LogP contribution in [-0.2, 0) is 9.53 Å². The third-order valence-electron chi connectivity index (χ3n) is 4.44. The molecule has 0 aromatic heterocycles. The lowest BCUT2D eigenvalue weighted by molar-refractivity contribution is -0.116. The molecule has 4 nitrogen and oxygen atoms in total. The first kappa shape index (κ1) is 18.4. The predicted molar refractivity (Wildman–Crippen MR) is 106 cm³/mol. The Morgan fingerprint density at radius 2 is 1.41 bits per heavy atom. The van der Waals surface area contributed by atoms with E-state index in [9.17, 15) is 9.59 Å². The molecule has 0 heterocycles. The van der Waals surface area contributed by atoms with Gasteiger partial charge in [-0.2, -0.15) is 0 Å². The second-order valence-corrected chi connectivity index (χ2v) is 6.26. The van der Waals surface area contributed by atoms with Crippen molar-refractivity contribution in [2.24, 2.45) is 0 Å². The quantitative estimate of drug-likeness (QED) is 0.680. The Morgan fingerprint density at radius 1 is 0.852 bits per heavy atom. The fourth-order valence-corrected chi connectivity index (χ4v) is 2.99. The van der Waals surface area contributed by atoms with Gasteiger partial charge in [0.1, 0.15) is 0 Å². The molecule has 0 aliphatic rings. The summed E-state index contributed by atoms with van der Waals surface area (Å²) in [6.07, 6.45) is 0. The van der Waals surface area contributed by atoms with Gasteiger partial charge in [-0.15, -0.1) is 0 Å². The highest BCUT2D eigenvalue weighted by molar-refractivity contribution is 6.00. The maximum absolute atomic E-state index is 13.2. The van der Waals surface area contributed by atoms with E-state index in [1.807, 2.05) is 67.6 Å². The third kappa shape index (κ3) is 4.23. The molecular weight excluding hydrogens is 338 g/mol. The van der Waals surface area contributed by atoms with Crippen LogP contribution < -0.4 is 5.32 Å². The van der Waals surface area contributed by atoms with Crippen molar-refractivity contribution in [3.63, 3.8) is 0 Å². The average molecular weight is 359 g/mol. The van der Waals surface area contributed by atoms with E-state index < -0.39 is 11.9 Å². The lowest BCUT2D eigenvalue weighted by Crippen LogP contribution is -2.23. The fourth-order valence-electron chi connectivity index (χ4n) is 2.99. The minimum absolute atomic E-state index is 0.155. The Kier molecular flexibility index (Phi) is 5.67. The number of ether oxygens (including phenoxy) is 1. The van der Waals surface area contributed by atoms with Gasteiger partial charge < -0.3 is 10.1 Å². The number of nitrogens with one attached hydrogen (secondary N) is 1. The molecule has 0 bridgehead atoms. The summed E-state index contributed by atoms with van der Waals surface area (Å²) < 4.78 is 4.77. The van der Waals surface area contributed by atoms with Crippen LogP contribution >= 0.6 is 0 Å². The van der Waals surface area contributed by atoms with Crippen molar-refractivity contribution in [1.29, 1.82) is 0 Å². The molecule has 0 saturated heterocycles. The van der Waals surface area contributed by atoms with Crippen molar-refractivity contribution in [1.82, 2.24) is 0 Å². The van der Waals surface area contributed by atoms with Crippen molar-refractivity contribution in [2.45, 2.75) is 12.8 Å². The summed E-state index contributed by atoms with van der Waals surface area (Å²) in [6.45, 7) is 1.89. The van der Waals surface area contributed by atoms with Crippen LogP contribution in [0.3, 0.4) is 0 Å². The maximum atomic E-state index is 13.2. The van der Waals surface area contributed by atoms with Crippen molar-refractivity contribution in [3.8, 4) is 0 Å². The van der Waals surface area contributed by atoms with E-state index in [1.165, 1.54) is 7.11 Å². The molecule has 3 aromatic rings. The topological polar surface area (TPSA) is 55.4 Å². The molecule has 0 atom stereocenters. The molecule has 0 fully saturated rings. The van der Waals surface area contributed by atoms with Gasteiger partial charge in [0.05, 0.1) is 18.6 Å². The van der Waals surface area contributed by atoms with Crippen LogP contribution in [0.5, 0.6) is 0 Å². The maximum Gasteiger partial charge on any atom is 0.337 e. The fraction of sp³-hybridized carbons (Fsp3) is 0.130. The summed E-state index contributed by atoms with van der Waals surface area (Å²) in [4.78, 5) is 25.0. The number of carbonyl (C=O) groups excluding carboxylic acids is 2. The van der Waals surface area contributed by atoms with Gasteiger partial charge in [-0.1, -0.05) is 66.7 Å². The van der Waals surface area contributed by atoms with Crippen molar-refractivity contribution < 1.29 is 14.3 Å². The van der Waals surface area contributed by atoms with E-state index in [0.29, 0.717) is 11.3 Å². The number of hydrogen-bond donors (Lipinski definition) is 1. The Labute approximate surface area is 158 Å². The number of rotatable bonds is 5. The van der Waals surface area contributed by atoms with Crippen LogP contribution in [0.2, 0.25) is 0 Å². The molecule has 0 aliphatic carbocycles. The highest BCUT2D eigenvalue weighted by Crippen LogP contribution is 2.27. The van der Waals surface area contributed by atoms with E-state index in [-0.39, 0.29) is 5.91 Å². The lowest BCUT2D eigenvalue weighted by atomic mass is 9.90. The van der Waals surface area contributed by atoms with Crippen LogP contribution in [0.4, 0.5) is 5.69 Å². The number of anilines is 1. The zero-order chi connectivity index (χ0) is 19.2. The van der Waals surface area contributed by atoms with Gasteiger partial charge in [0.15, 0.2) is 0 Å². The molecule has 4 heteroatoms. The first-order valence-electron chi connectivity index (χ1n) is 8.70. The number of methoxy groups -OCH3 is 1. The largest absolute Gasteiger partial charge is 0.465 e. The van der Waals surface area contributed by atoms with Crippen molar-refractivity contribution in [2.75, 3.05) is 12.4 Å². The molecule has 1 N–H and O–H groups in total. The van der Waals surface area contributed by atoms with E-state index in [4.69, 9.17) is 4.74 Å². The zero-order valence-corrected chi connectivity index (χ0v) is 15.3. The number of amides is 1. The minimum Gasteiger partial charge on any atom is -0.465 e. The lowest BCUT2D eigenvalue weighted by Gasteiger charge is -2.19. The van der Waals surface area contributed by atoms with Crippen LogP contribution in [0.15, 0.2) is 78.9 Å². The van der Waals surface area contributed by atoms with Gasteiger partial charge in [-0.3, -0.25) is 4.79 Å². The first-order chi connectivity index (χ1) is 13.1. The van der Waals surface area contributed by atoms with Gasteiger partial charge in [-0.05, 0) is 35.7 Å². The molecule has 0 spiro atoms. The van der Waals surface area contributed by atoms with E-state index in [1.54, 1.807) is 18.2 Å². The molecular formula is C23H21NO3. The summed E-state index contributed by atoms with van der Waals surface area (Å²) in [7, 11) is 1.33. The predicted octanol–water partition coefficient (Wildman–Crippen LogP) is 4.55. The molecule has 3 aromatic carbocycles. The minimum atomic E-state index is -0.450. The molecule has 0 radical (unpaired) electrons. The van der Waals surface area contributed by atoms with Crippen LogP contribution in [0.1, 0.15) is 33.0 Å². The molecule has 0 aliphatic heterocycles. The van der Waals surface area contributed by atoms with Gasteiger partial charge in [0.2, 0.25) is 5.91 Å². The summed E-state index contributed by atoms with van der Waals surface area (Å²) >= 11 is 0. The SMILES string of the molecule is COC(=O)c1ccc(C)c(NC(=O)C(c2ccccc2)c2ccccc2)c1. The average Bonchev–Trinajstić information content (AvgIpc) is 2.71. The number of esters is 1. The number of benzene rings is 3. The van der Waals surface area contributed by atoms with E-state index in [0.717, 1.165) is 16.7 Å². The molecule has 0 unspecified atom stereocenters. The number of hydrogen-bond acceptors (Lipinski definition) is 3. The highest BCUT2D eigenvalue weighted by Gasteiger charge is 2.23. The molecule has 27 heavy (non-hydrogen) atoms. The number of aryl methyl sites for hydroxylation is 1. The third-order valence-corrected chi connectivity index (χ3v) is 4.44. The summed E-state index contributed by atoms with van der Waals surface area (Å²) in [6, 6.07) is 24.4. The highest BCUT2D eigenvalue weighted by atomic mass is 16.5. The Morgan fingerprint density at radius 3 is 1.93 bits per heavy atom. The van der Waals surface area contributed by atoms with Crippen LogP contribution in [0.25, 0.3) is 0 Å². The Balaban J connectivity index is 1.95. The Bertz CT molecular complexity index is 897. The molecule has 1 amide bonds. The van der Waals surface area contributed by atoms with Crippen LogP contribution in [-0.4, -0.2) is 19.0 Å². The Hall–Kier alpha value is -3.40. The van der Waals surface area contributed by atoms with Gasteiger partial charge in [0, 0.05) is 5.69 Å². The van der Waals surface area contributed by atoms with E-state index in [2.05, 4.69) is 5.32 Å². The van der Waals surface area contributed by atoms with E-state index >= 15 is 0 Å². The summed E-state index contributed by atoms with van der Waals surface area (Å²) in [5.41, 5.74) is 3.68. The molecule has 3 rings (SSSR count). The monoisotopic (exact) mass is 359 g/mol. The van der Waals surface area contributed by atoms with Gasteiger partial charge >= 0.3 is 5.97 Å². The van der Waals surface area contributed by atoms with Crippen LogP contribution in [0, 0.1) is 6.92 Å².